The first-order valence-electron chi connectivity index (χ1n) is 10.3. The molecule has 0 radical (unpaired) electrons. The van der Waals surface area contributed by atoms with Gasteiger partial charge in [0, 0.05) is 6.04 Å². The van der Waals surface area contributed by atoms with Gasteiger partial charge in [-0.1, -0.05) is 30.3 Å². The van der Waals surface area contributed by atoms with Crippen molar-refractivity contribution in [2.24, 2.45) is 5.73 Å². The molecule has 0 fully saturated rings. The molecule has 1 rings (SSSR count). The quantitative estimate of drug-likeness (QED) is 0.245. The summed E-state index contributed by atoms with van der Waals surface area (Å²) in [6.07, 6.45) is 4.80. The first-order chi connectivity index (χ1) is 13.3. The number of unbranched alkanes of at least 4 members (excludes halogenated alkanes) is 1. The highest BCUT2D eigenvalue weighted by atomic mass is 16.5. The van der Waals surface area contributed by atoms with Crippen molar-refractivity contribution < 1.29 is 9.53 Å². The Labute approximate surface area is 164 Å². The van der Waals surface area contributed by atoms with Crippen LogP contribution in [-0.4, -0.2) is 51.8 Å². The summed E-state index contributed by atoms with van der Waals surface area (Å²) in [5.74, 6) is -0.156. The fraction of sp³-hybridized carbons (Fsp3) is 0.667. The number of carbonyl (C=O) groups excluding carboxylic acids is 1. The van der Waals surface area contributed by atoms with E-state index in [1.54, 1.807) is 0 Å². The molecule has 154 valence electrons. The molecule has 1 aromatic rings. The average molecular weight is 379 g/mol. The smallest absolute Gasteiger partial charge is 0.307 e. The Kier molecular flexibility index (Phi) is 14.6. The van der Waals surface area contributed by atoms with Crippen molar-refractivity contribution in [2.45, 2.75) is 45.1 Å². The van der Waals surface area contributed by atoms with E-state index >= 15 is 0 Å². The molecule has 6 heteroatoms. The van der Waals surface area contributed by atoms with E-state index in [1.807, 2.05) is 25.1 Å². The van der Waals surface area contributed by atoms with E-state index < -0.39 is 0 Å². The maximum Gasteiger partial charge on any atom is 0.307 e. The Balaban J connectivity index is 2.12. The Bertz CT molecular complexity index is 471. The topological polar surface area (TPSA) is 88.4 Å². The predicted molar refractivity (Wildman–Crippen MR) is 112 cm³/mol. The summed E-state index contributed by atoms with van der Waals surface area (Å²) in [4.78, 5) is 11.9. The molecule has 6 nitrogen and oxygen atoms in total. The number of benzene rings is 1. The third-order valence-corrected chi connectivity index (χ3v) is 4.31. The van der Waals surface area contributed by atoms with Gasteiger partial charge < -0.3 is 26.4 Å². The van der Waals surface area contributed by atoms with Crippen molar-refractivity contribution in [2.75, 3.05) is 45.9 Å². The number of esters is 1. The van der Waals surface area contributed by atoms with Crippen LogP contribution in [0.25, 0.3) is 0 Å². The van der Waals surface area contributed by atoms with Crippen molar-refractivity contribution in [3.63, 3.8) is 0 Å². The number of rotatable bonds is 17. The first kappa shape index (κ1) is 23.6. The Hall–Kier alpha value is -1.47. The molecule has 0 saturated carbocycles. The minimum absolute atomic E-state index is 0.00449. The number of nitrogens with one attached hydrogen (secondary N) is 3. The second-order valence-corrected chi connectivity index (χ2v) is 6.63. The summed E-state index contributed by atoms with van der Waals surface area (Å²) < 4.78 is 5.10. The van der Waals surface area contributed by atoms with Crippen LogP contribution in [0.1, 0.15) is 50.6 Å². The van der Waals surface area contributed by atoms with Crippen LogP contribution in [0.3, 0.4) is 0 Å². The molecule has 1 unspecified atom stereocenters. The van der Waals surface area contributed by atoms with Gasteiger partial charge in [-0.05, 0) is 77.4 Å². The predicted octanol–water partition coefficient (Wildman–Crippen LogP) is 1.97. The summed E-state index contributed by atoms with van der Waals surface area (Å²) in [5, 5.41) is 10.4. The summed E-state index contributed by atoms with van der Waals surface area (Å²) in [7, 11) is 0. The molecule has 0 bridgehead atoms. The van der Waals surface area contributed by atoms with Crippen LogP contribution in [-0.2, 0) is 9.53 Å². The normalized spacial score (nSPS) is 12.1. The zero-order valence-electron chi connectivity index (χ0n) is 16.8. The highest BCUT2D eigenvalue weighted by Crippen LogP contribution is 2.17. The van der Waals surface area contributed by atoms with Gasteiger partial charge in [-0.25, -0.2) is 0 Å². The molecular weight excluding hydrogens is 340 g/mol. The largest absolute Gasteiger partial charge is 0.466 e. The van der Waals surface area contributed by atoms with Crippen molar-refractivity contribution >= 4 is 5.97 Å². The van der Waals surface area contributed by atoms with Crippen LogP contribution >= 0.6 is 0 Å². The number of ether oxygens (including phenoxy) is 1. The lowest BCUT2D eigenvalue weighted by Crippen LogP contribution is -2.28. The van der Waals surface area contributed by atoms with Crippen molar-refractivity contribution in [1.82, 2.24) is 16.0 Å². The zero-order chi connectivity index (χ0) is 19.6. The van der Waals surface area contributed by atoms with Crippen LogP contribution < -0.4 is 21.7 Å². The summed E-state index contributed by atoms with van der Waals surface area (Å²) in [6, 6.07) is 10.1. The second-order valence-electron chi connectivity index (χ2n) is 6.63. The third-order valence-electron chi connectivity index (χ3n) is 4.31. The summed E-state index contributed by atoms with van der Waals surface area (Å²) in [5.41, 5.74) is 6.59. The lowest BCUT2D eigenvalue weighted by Gasteiger charge is -2.18. The summed E-state index contributed by atoms with van der Waals surface area (Å²) in [6.45, 7) is 8.00. The highest BCUT2D eigenvalue weighted by Gasteiger charge is 2.15. The number of hydrogen-bond donors (Lipinski definition) is 4. The summed E-state index contributed by atoms with van der Waals surface area (Å²) >= 11 is 0. The van der Waals surface area contributed by atoms with Gasteiger partial charge in [0.2, 0.25) is 0 Å². The van der Waals surface area contributed by atoms with Gasteiger partial charge in [0.25, 0.3) is 0 Å². The van der Waals surface area contributed by atoms with Gasteiger partial charge in [0.1, 0.15) is 0 Å². The minimum atomic E-state index is -0.156. The molecule has 0 aliphatic heterocycles. The van der Waals surface area contributed by atoms with Gasteiger partial charge in [-0.15, -0.1) is 0 Å². The highest BCUT2D eigenvalue weighted by molar-refractivity contribution is 5.70. The molecule has 1 atom stereocenters. The van der Waals surface area contributed by atoms with Crippen LogP contribution in [0.5, 0.6) is 0 Å². The van der Waals surface area contributed by atoms with Gasteiger partial charge in [-0.3, -0.25) is 4.79 Å². The molecule has 5 N–H and O–H groups in total. The van der Waals surface area contributed by atoms with E-state index in [1.165, 1.54) is 12.8 Å². The van der Waals surface area contributed by atoms with Gasteiger partial charge >= 0.3 is 5.97 Å². The fourth-order valence-electron chi connectivity index (χ4n) is 2.85. The molecular formula is C21H38N4O2. The molecule has 0 amide bonds. The first-order valence-corrected chi connectivity index (χ1v) is 10.3. The van der Waals surface area contributed by atoms with E-state index in [2.05, 4.69) is 28.1 Å². The molecule has 0 aliphatic carbocycles. The number of hydrogen-bond acceptors (Lipinski definition) is 6. The zero-order valence-corrected chi connectivity index (χ0v) is 16.8. The molecule has 0 aromatic heterocycles. The van der Waals surface area contributed by atoms with E-state index in [4.69, 9.17) is 10.5 Å². The standard InChI is InChI=1S/C21H38N4O2/c1-2-27-21(26)18-20(19-10-4-3-5-11-19)25-17-9-16-24-14-7-6-13-23-15-8-12-22/h3-5,10-11,20,23-25H,2,6-9,12-18,22H2,1H3. The molecule has 27 heavy (non-hydrogen) atoms. The average Bonchev–Trinajstić information content (AvgIpc) is 2.69. The fourth-order valence-corrected chi connectivity index (χ4v) is 2.85. The molecule has 0 spiro atoms. The van der Waals surface area contributed by atoms with Crippen LogP contribution in [0.2, 0.25) is 0 Å². The van der Waals surface area contributed by atoms with Crippen LogP contribution in [0, 0.1) is 0 Å². The van der Waals surface area contributed by atoms with Gasteiger partial charge in [-0.2, -0.15) is 0 Å². The molecule has 1 aromatic carbocycles. The Morgan fingerprint density at radius 3 is 2.22 bits per heavy atom. The minimum Gasteiger partial charge on any atom is -0.466 e. The van der Waals surface area contributed by atoms with Crippen molar-refractivity contribution in [3.05, 3.63) is 35.9 Å². The van der Waals surface area contributed by atoms with Crippen LogP contribution in [0.4, 0.5) is 0 Å². The van der Waals surface area contributed by atoms with E-state index in [-0.39, 0.29) is 12.0 Å². The lowest BCUT2D eigenvalue weighted by molar-refractivity contribution is -0.143. The third kappa shape index (κ3) is 12.5. The molecule has 0 aliphatic rings. The van der Waals surface area contributed by atoms with E-state index in [0.717, 1.165) is 57.7 Å². The monoisotopic (exact) mass is 378 g/mol. The van der Waals surface area contributed by atoms with E-state index in [0.29, 0.717) is 13.0 Å². The van der Waals surface area contributed by atoms with Crippen molar-refractivity contribution in [3.8, 4) is 0 Å². The van der Waals surface area contributed by atoms with Crippen LogP contribution in [0.15, 0.2) is 30.3 Å². The maximum atomic E-state index is 11.9. The molecule has 0 saturated heterocycles. The number of nitrogens with two attached hydrogens (primary N) is 1. The van der Waals surface area contributed by atoms with Gasteiger partial charge in [0.15, 0.2) is 0 Å². The number of carbonyl (C=O) groups is 1. The second kappa shape index (κ2) is 16.7. The maximum absolute atomic E-state index is 11.9. The van der Waals surface area contributed by atoms with E-state index in [9.17, 15) is 4.79 Å². The molecule has 0 heterocycles. The Morgan fingerprint density at radius 2 is 1.59 bits per heavy atom. The SMILES string of the molecule is CCOC(=O)CC(NCCCNCCCCNCCCN)c1ccccc1. The lowest BCUT2D eigenvalue weighted by atomic mass is 10.0. The van der Waals surface area contributed by atoms with Gasteiger partial charge in [0.05, 0.1) is 13.0 Å². The van der Waals surface area contributed by atoms with Crippen molar-refractivity contribution in [1.29, 1.82) is 0 Å². The Morgan fingerprint density at radius 1 is 0.963 bits per heavy atom.